The van der Waals surface area contributed by atoms with Crippen molar-refractivity contribution in [3.05, 3.63) is 18.2 Å². The fourth-order valence-corrected chi connectivity index (χ4v) is 2.01. The molecule has 1 aromatic carbocycles. The molecule has 0 atom stereocenters. The highest BCUT2D eigenvalue weighted by Gasteiger charge is 2.24. The molecular weight excluding hydrogens is 224 g/mol. The number of rotatable bonds is 3. The zero-order chi connectivity index (χ0) is 11.5. The predicted molar refractivity (Wildman–Crippen MR) is 67.1 cm³/mol. The lowest BCUT2D eigenvalue weighted by atomic mass is 10.2. The lowest BCUT2D eigenvalue weighted by Crippen LogP contribution is -2.40. The van der Waals surface area contributed by atoms with Crippen LogP contribution in [0.15, 0.2) is 18.2 Å². The highest BCUT2D eigenvalue weighted by atomic mass is 32.2. The quantitative estimate of drug-likeness (QED) is 0.808. The van der Waals surface area contributed by atoms with Gasteiger partial charge in [-0.25, -0.2) is 0 Å². The Morgan fingerprint density at radius 3 is 3.12 bits per heavy atom. The zero-order valence-corrected chi connectivity index (χ0v) is 9.92. The van der Waals surface area contributed by atoms with Crippen molar-refractivity contribution in [2.75, 3.05) is 35.8 Å². The van der Waals surface area contributed by atoms with Crippen LogP contribution in [0.3, 0.4) is 0 Å². The normalized spacial score (nSPS) is 14.6. The van der Waals surface area contributed by atoms with E-state index in [0.29, 0.717) is 12.2 Å². The van der Waals surface area contributed by atoms with Gasteiger partial charge in [-0.2, -0.15) is 11.8 Å². The van der Waals surface area contributed by atoms with E-state index in [-0.39, 0.29) is 12.5 Å². The van der Waals surface area contributed by atoms with E-state index >= 15 is 0 Å². The molecule has 0 bridgehead atoms. The number of hydrogen-bond donors (Lipinski definition) is 1. The molecule has 2 N–H and O–H groups in total. The summed E-state index contributed by atoms with van der Waals surface area (Å²) in [5.74, 6) is 1.63. The van der Waals surface area contributed by atoms with Crippen LogP contribution in [0, 0.1) is 0 Å². The molecule has 2 rings (SSSR count). The third-order valence-corrected chi connectivity index (χ3v) is 3.04. The van der Waals surface area contributed by atoms with Gasteiger partial charge in [0.05, 0.1) is 5.69 Å². The molecule has 0 saturated heterocycles. The van der Waals surface area contributed by atoms with E-state index in [1.54, 1.807) is 28.8 Å². The summed E-state index contributed by atoms with van der Waals surface area (Å²) < 4.78 is 5.35. The van der Waals surface area contributed by atoms with Gasteiger partial charge in [-0.3, -0.25) is 4.79 Å². The Bertz CT molecular complexity index is 409. The fourth-order valence-electron chi connectivity index (χ4n) is 1.65. The van der Waals surface area contributed by atoms with Crippen molar-refractivity contribution in [2.45, 2.75) is 0 Å². The Balaban J connectivity index is 2.31. The Labute approximate surface area is 98.7 Å². The second-order valence-corrected chi connectivity index (χ2v) is 4.54. The molecule has 1 amide bonds. The molecule has 0 spiro atoms. The Morgan fingerprint density at radius 1 is 1.56 bits per heavy atom. The Morgan fingerprint density at radius 2 is 2.38 bits per heavy atom. The molecule has 1 aromatic rings. The van der Waals surface area contributed by atoms with Crippen LogP contribution >= 0.6 is 11.8 Å². The van der Waals surface area contributed by atoms with Crippen molar-refractivity contribution >= 4 is 29.0 Å². The van der Waals surface area contributed by atoms with Crippen molar-refractivity contribution in [1.82, 2.24) is 0 Å². The maximum Gasteiger partial charge on any atom is 0.265 e. The first-order valence-electron chi connectivity index (χ1n) is 5.04. The van der Waals surface area contributed by atoms with E-state index in [4.69, 9.17) is 10.5 Å². The number of fused-ring (bicyclic) bond motifs is 1. The first-order valence-corrected chi connectivity index (χ1v) is 6.43. The number of thioether (sulfide) groups is 1. The van der Waals surface area contributed by atoms with Gasteiger partial charge in [0.15, 0.2) is 6.61 Å². The van der Waals surface area contributed by atoms with Gasteiger partial charge >= 0.3 is 0 Å². The van der Waals surface area contributed by atoms with Gasteiger partial charge in [-0.05, 0) is 24.5 Å². The third-order valence-electron chi connectivity index (χ3n) is 2.45. The summed E-state index contributed by atoms with van der Waals surface area (Å²) >= 11 is 1.71. The molecule has 0 aromatic heterocycles. The Hall–Kier alpha value is -1.36. The molecule has 0 fully saturated rings. The van der Waals surface area contributed by atoms with Gasteiger partial charge in [-0.15, -0.1) is 0 Å². The molecule has 1 aliphatic heterocycles. The van der Waals surface area contributed by atoms with Gasteiger partial charge in [0.25, 0.3) is 5.91 Å². The summed E-state index contributed by atoms with van der Waals surface area (Å²) in [6.45, 7) is 0.811. The van der Waals surface area contributed by atoms with E-state index in [0.717, 1.165) is 17.2 Å². The number of nitrogens with zero attached hydrogens (tertiary/aromatic N) is 1. The topological polar surface area (TPSA) is 55.6 Å². The monoisotopic (exact) mass is 238 g/mol. The highest BCUT2D eigenvalue weighted by Crippen LogP contribution is 2.33. The molecular formula is C11H14N2O2S. The molecule has 5 heteroatoms. The van der Waals surface area contributed by atoms with Crippen LogP contribution in [0.5, 0.6) is 5.75 Å². The lowest BCUT2D eigenvalue weighted by molar-refractivity contribution is -0.121. The number of nitrogen functional groups attached to an aromatic ring is 1. The molecule has 86 valence electrons. The van der Waals surface area contributed by atoms with Crippen LogP contribution in [0.1, 0.15) is 0 Å². The van der Waals surface area contributed by atoms with Crippen LogP contribution in [-0.2, 0) is 4.79 Å². The average Bonchev–Trinajstić information content (AvgIpc) is 2.28. The number of carbonyl (C=O) groups excluding carboxylic acids is 1. The molecule has 1 heterocycles. The van der Waals surface area contributed by atoms with Gasteiger partial charge < -0.3 is 15.4 Å². The molecule has 0 radical (unpaired) electrons. The zero-order valence-electron chi connectivity index (χ0n) is 9.10. The second kappa shape index (κ2) is 4.65. The summed E-state index contributed by atoms with van der Waals surface area (Å²) in [6.07, 6.45) is 2.02. The van der Waals surface area contributed by atoms with E-state index in [9.17, 15) is 4.79 Å². The van der Waals surface area contributed by atoms with Crippen molar-refractivity contribution < 1.29 is 9.53 Å². The smallest absolute Gasteiger partial charge is 0.265 e. The number of benzene rings is 1. The minimum atomic E-state index is -0.00727. The summed E-state index contributed by atoms with van der Waals surface area (Å²) in [6, 6.07) is 5.37. The highest BCUT2D eigenvalue weighted by molar-refractivity contribution is 7.98. The number of amides is 1. The molecule has 4 nitrogen and oxygen atoms in total. The lowest BCUT2D eigenvalue weighted by Gasteiger charge is -2.29. The maximum atomic E-state index is 11.7. The number of nitrogens with two attached hydrogens (primary N) is 1. The molecule has 1 aliphatic rings. The SMILES string of the molecule is CSCCN1C(=O)COc2ccc(N)cc21. The van der Waals surface area contributed by atoms with Gasteiger partial charge in [0, 0.05) is 18.0 Å². The minimum Gasteiger partial charge on any atom is -0.482 e. The molecule has 16 heavy (non-hydrogen) atoms. The number of anilines is 2. The van der Waals surface area contributed by atoms with Crippen molar-refractivity contribution in [3.63, 3.8) is 0 Å². The van der Waals surface area contributed by atoms with Crippen LogP contribution in [0.2, 0.25) is 0 Å². The van der Waals surface area contributed by atoms with E-state index in [1.807, 2.05) is 12.3 Å². The summed E-state index contributed by atoms with van der Waals surface area (Å²) in [5, 5.41) is 0. The standard InChI is InChI=1S/C11H14N2O2S/c1-16-5-4-13-9-6-8(12)2-3-10(9)15-7-11(13)14/h2-3,6H,4-5,7,12H2,1H3. The van der Waals surface area contributed by atoms with Gasteiger partial charge in [0.2, 0.25) is 0 Å². The minimum absolute atomic E-state index is 0.00727. The van der Waals surface area contributed by atoms with Crippen molar-refractivity contribution in [3.8, 4) is 5.75 Å². The van der Waals surface area contributed by atoms with E-state index in [2.05, 4.69) is 0 Å². The summed E-state index contributed by atoms with van der Waals surface area (Å²) in [5.41, 5.74) is 7.15. The first kappa shape index (κ1) is 11.1. The largest absolute Gasteiger partial charge is 0.482 e. The molecule has 0 saturated carbocycles. The fraction of sp³-hybridized carbons (Fsp3) is 0.364. The van der Waals surface area contributed by atoms with Crippen LogP contribution in [0.25, 0.3) is 0 Å². The van der Waals surface area contributed by atoms with Crippen LogP contribution in [0.4, 0.5) is 11.4 Å². The van der Waals surface area contributed by atoms with Crippen molar-refractivity contribution in [2.24, 2.45) is 0 Å². The van der Waals surface area contributed by atoms with Crippen LogP contribution < -0.4 is 15.4 Å². The summed E-state index contributed by atoms with van der Waals surface area (Å²) in [4.78, 5) is 13.5. The third kappa shape index (κ3) is 2.09. The van der Waals surface area contributed by atoms with Crippen molar-refractivity contribution in [1.29, 1.82) is 0 Å². The number of ether oxygens (including phenoxy) is 1. The first-order chi connectivity index (χ1) is 7.72. The van der Waals surface area contributed by atoms with Crippen LogP contribution in [-0.4, -0.2) is 31.1 Å². The maximum absolute atomic E-state index is 11.7. The average molecular weight is 238 g/mol. The molecule has 0 aliphatic carbocycles. The van der Waals surface area contributed by atoms with E-state index < -0.39 is 0 Å². The number of carbonyl (C=O) groups is 1. The Kier molecular flexibility index (Phi) is 3.24. The van der Waals surface area contributed by atoms with E-state index in [1.165, 1.54) is 0 Å². The second-order valence-electron chi connectivity index (χ2n) is 3.55. The van der Waals surface area contributed by atoms with Gasteiger partial charge in [-0.1, -0.05) is 0 Å². The van der Waals surface area contributed by atoms with Gasteiger partial charge in [0.1, 0.15) is 5.75 Å². The summed E-state index contributed by atoms with van der Waals surface area (Å²) in [7, 11) is 0. The predicted octanol–water partition coefficient (Wildman–Crippen LogP) is 1.36. The molecule has 0 unspecified atom stereocenters. The number of hydrogen-bond acceptors (Lipinski definition) is 4.